The van der Waals surface area contributed by atoms with Gasteiger partial charge < -0.3 is 5.32 Å². The lowest BCUT2D eigenvalue weighted by molar-refractivity contribution is 0.342. The molecule has 1 spiro atoms. The summed E-state index contributed by atoms with van der Waals surface area (Å²) in [5, 5.41) is 11.5. The molecule has 0 amide bonds. The molecule has 0 radical (unpaired) electrons. The van der Waals surface area contributed by atoms with Gasteiger partial charge in [-0.15, -0.1) is 5.11 Å². The van der Waals surface area contributed by atoms with Gasteiger partial charge in [-0.25, -0.2) is 4.99 Å². The van der Waals surface area contributed by atoms with Crippen molar-refractivity contribution in [1.82, 2.24) is 5.32 Å². The van der Waals surface area contributed by atoms with E-state index in [4.69, 9.17) is 0 Å². The molecule has 2 aromatic carbocycles. The van der Waals surface area contributed by atoms with Crippen molar-refractivity contribution in [3.63, 3.8) is 0 Å². The van der Waals surface area contributed by atoms with Crippen LogP contribution in [0.3, 0.4) is 0 Å². The highest BCUT2D eigenvalue weighted by Gasteiger charge is 2.54. The van der Waals surface area contributed by atoms with Crippen LogP contribution in [0.2, 0.25) is 0 Å². The molecule has 2 unspecified atom stereocenters. The first-order chi connectivity index (χ1) is 12.8. The zero-order chi connectivity index (χ0) is 17.6. The van der Waals surface area contributed by atoms with Crippen molar-refractivity contribution in [3.05, 3.63) is 59.2 Å². The Hall–Kier alpha value is -2.33. The van der Waals surface area contributed by atoms with Gasteiger partial charge in [-0.3, -0.25) is 0 Å². The molecule has 4 heteroatoms. The Bertz CT molecular complexity index is 864. The molecule has 0 aromatic heterocycles. The summed E-state index contributed by atoms with van der Waals surface area (Å²) in [6.45, 7) is 4.53. The number of nitrogens with one attached hydrogen (secondary N) is 1. The second kappa shape index (κ2) is 6.13. The van der Waals surface area contributed by atoms with E-state index in [2.05, 4.69) is 69.9 Å². The number of aryl methyl sites for hydroxylation is 1. The topological polar surface area (TPSA) is 49.1 Å². The summed E-state index contributed by atoms with van der Waals surface area (Å²) < 4.78 is 0. The van der Waals surface area contributed by atoms with Crippen LogP contribution in [-0.2, 0) is 0 Å². The summed E-state index contributed by atoms with van der Waals surface area (Å²) in [6.07, 6.45) is 5.40. The Morgan fingerprint density at radius 1 is 1.00 bits per heavy atom. The van der Waals surface area contributed by atoms with Crippen molar-refractivity contribution >= 4 is 6.34 Å². The fourth-order valence-corrected chi connectivity index (χ4v) is 4.73. The maximum Gasteiger partial charge on any atom is 0.187 e. The molecular formula is C22H24N4. The van der Waals surface area contributed by atoms with Crippen LogP contribution in [0.15, 0.2) is 57.7 Å². The third-order valence-electron chi connectivity index (χ3n) is 6.40. The maximum absolute atomic E-state index is 4.27. The lowest BCUT2D eigenvalue weighted by atomic mass is 9.89. The number of azo groups is 1. The average molecular weight is 344 g/mol. The van der Waals surface area contributed by atoms with Crippen LogP contribution in [0, 0.1) is 12.3 Å². The normalized spacial score (nSPS) is 25.7. The predicted octanol–water partition coefficient (Wildman–Crippen LogP) is 5.01. The lowest BCUT2D eigenvalue weighted by Gasteiger charge is -2.23. The van der Waals surface area contributed by atoms with Gasteiger partial charge in [-0.1, -0.05) is 42.5 Å². The van der Waals surface area contributed by atoms with Gasteiger partial charge >= 0.3 is 0 Å². The van der Waals surface area contributed by atoms with Gasteiger partial charge in [-0.05, 0) is 72.9 Å². The summed E-state index contributed by atoms with van der Waals surface area (Å²) in [5.74, 6) is 0.771. The Morgan fingerprint density at radius 2 is 1.77 bits per heavy atom. The fourth-order valence-electron chi connectivity index (χ4n) is 4.73. The van der Waals surface area contributed by atoms with Gasteiger partial charge in [0.25, 0.3) is 0 Å². The molecule has 1 aliphatic carbocycles. The quantitative estimate of drug-likeness (QED) is 0.836. The highest BCUT2D eigenvalue weighted by atomic mass is 15.3. The monoisotopic (exact) mass is 344 g/mol. The Labute approximate surface area is 154 Å². The van der Waals surface area contributed by atoms with E-state index < -0.39 is 0 Å². The molecule has 2 heterocycles. The van der Waals surface area contributed by atoms with Crippen LogP contribution in [-0.4, -0.2) is 19.4 Å². The summed E-state index contributed by atoms with van der Waals surface area (Å²) in [7, 11) is 0. The second-order valence-electron chi connectivity index (χ2n) is 7.93. The van der Waals surface area contributed by atoms with Gasteiger partial charge in [0, 0.05) is 5.56 Å². The summed E-state index contributed by atoms with van der Waals surface area (Å²) >= 11 is 0. The van der Waals surface area contributed by atoms with Crippen molar-refractivity contribution < 1.29 is 0 Å². The lowest BCUT2D eigenvalue weighted by Crippen LogP contribution is -2.29. The van der Waals surface area contributed by atoms with Crippen LogP contribution >= 0.6 is 0 Å². The third kappa shape index (κ3) is 2.69. The molecule has 5 rings (SSSR count). The molecule has 2 fully saturated rings. The highest BCUT2D eigenvalue weighted by molar-refractivity contribution is 5.68. The number of piperidine rings is 1. The molecule has 1 saturated heterocycles. The standard InChI is InChI=1S/C22H24N4/c1-15-12-18(21-24-14-25-26-21)6-7-19(15)16-2-4-17(5-3-16)20-13-22(20)8-10-23-11-9-22/h2-7,12,14,20-21,23H,8-11,13H2,1H3. The Kier molecular flexibility index (Phi) is 3.75. The largest absolute Gasteiger partial charge is 0.317 e. The van der Waals surface area contributed by atoms with Crippen LogP contribution in [0.1, 0.15) is 48.0 Å². The van der Waals surface area contributed by atoms with E-state index in [0.29, 0.717) is 5.41 Å². The minimum atomic E-state index is -0.166. The van der Waals surface area contributed by atoms with Crippen molar-refractivity contribution in [2.24, 2.45) is 20.6 Å². The number of nitrogens with zero attached hydrogens (tertiary/aromatic N) is 3. The smallest absolute Gasteiger partial charge is 0.187 e. The van der Waals surface area contributed by atoms with E-state index in [9.17, 15) is 0 Å². The zero-order valence-electron chi connectivity index (χ0n) is 15.2. The number of benzene rings is 2. The van der Waals surface area contributed by atoms with Gasteiger partial charge in [0.15, 0.2) is 6.17 Å². The SMILES string of the molecule is Cc1cc(C2N=CN=N2)ccc1-c1ccc(C2CC23CCNCC3)cc1. The summed E-state index contributed by atoms with van der Waals surface area (Å²) in [5.41, 5.74) is 7.05. The maximum atomic E-state index is 4.27. The summed E-state index contributed by atoms with van der Waals surface area (Å²) in [4.78, 5) is 4.27. The first-order valence-corrected chi connectivity index (χ1v) is 9.58. The number of aliphatic imine (C=N–C) groups is 1. The number of hydrogen-bond acceptors (Lipinski definition) is 4. The van der Waals surface area contributed by atoms with Crippen molar-refractivity contribution in [2.45, 2.75) is 38.3 Å². The Morgan fingerprint density at radius 3 is 2.46 bits per heavy atom. The minimum absolute atomic E-state index is 0.166. The van der Waals surface area contributed by atoms with E-state index in [-0.39, 0.29) is 6.17 Å². The van der Waals surface area contributed by atoms with Crippen molar-refractivity contribution in [2.75, 3.05) is 13.1 Å². The van der Waals surface area contributed by atoms with Crippen LogP contribution in [0.4, 0.5) is 0 Å². The molecule has 0 bridgehead atoms. The molecule has 4 nitrogen and oxygen atoms in total. The molecule has 2 aliphatic heterocycles. The first kappa shape index (κ1) is 15.9. The average Bonchev–Trinajstić information content (AvgIpc) is 3.10. The summed E-state index contributed by atoms with van der Waals surface area (Å²) in [6, 6.07) is 15.8. The van der Waals surface area contributed by atoms with Gasteiger partial charge in [0.05, 0.1) is 0 Å². The molecular weight excluding hydrogens is 320 g/mol. The second-order valence-corrected chi connectivity index (χ2v) is 7.93. The Balaban J connectivity index is 1.36. The third-order valence-corrected chi connectivity index (χ3v) is 6.40. The number of rotatable bonds is 3. The van der Waals surface area contributed by atoms with Crippen LogP contribution in [0.25, 0.3) is 11.1 Å². The highest BCUT2D eigenvalue weighted by Crippen LogP contribution is 2.64. The fraction of sp³-hybridized carbons (Fsp3) is 0.409. The molecule has 2 atom stereocenters. The first-order valence-electron chi connectivity index (χ1n) is 9.58. The van der Waals surface area contributed by atoms with Crippen molar-refractivity contribution in [3.8, 4) is 11.1 Å². The predicted molar refractivity (Wildman–Crippen MR) is 105 cm³/mol. The van der Waals surface area contributed by atoms with Crippen molar-refractivity contribution in [1.29, 1.82) is 0 Å². The molecule has 1 saturated carbocycles. The van der Waals surface area contributed by atoms with Gasteiger partial charge in [0.1, 0.15) is 6.34 Å². The number of hydrogen-bond donors (Lipinski definition) is 1. The minimum Gasteiger partial charge on any atom is -0.317 e. The molecule has 1 N–H and O–H groups in total. The molecule has 2 aromatic rings. The van der Waals surface area contributed by atoms with Gasteiger partial charge in [0.2, 0.25) is 0 Å². The zero-order valence-corrected chi connectivity index (χ0v) is 15.2. The van der Waals surface area contributed by atoms with Gasteiger partial charge in [-0.2, -0.15) is 5.11 Å². The molecule has 3 aliphatic rings. The van der Waals surface area contributed by atoms with E-state index in [1.807, 2.05) is 0 Å². The van der Waals surface area contributed by atoms with Crippen LogP contribution in [0.5, 0.6) is 0 Å². The molecule has 132 valence electrons. The van der Waals surface area contributed by atoms with E-state index in [0.717, 1.165) is 11.5 Å². The van der Waals surface area contributed by atoms with E-state index in [1.54, 1.807) is 0 Å². The molecule has 26 heavy (non-hydrogen) atoms. The van der Waals surface area contributed by atoms with Crippen LogP contribution < -0.4 is 5.32 Å². The van der Waals surface area contributed by atoms with E-state index in [1.165, 1.54) is 60.9 Å². The van der Waals surface area contributed by atoms with E-state index >= 15 is 0 Å².